The monoisotopic (exact) mass is 552 g/mol. The van der Waals surface area contributed by atoms with Gasteiger partial charge in [-0.2, -0.15) is 4.68 Å². The second-order valence-corrected chi connectivity index (χ2v) is 10.2. The summed E-state index contributed by atoms with van der Waals surface area (Å²) >= 11 is 6.13. The second kappa shape index (κ2) is 11.9. The van der Waals surface area contributed by atoms with E-state index in [0.717, 1.165) is 5.56 Å². The third-order valence-electron chi connectivity index (χ3n) is 5.39. The number of nitrogens with zero attached hydrogens (tertiary/aromatic N) is 4. The second-order valence-electron chi connectivity index (χ2n) is 8.12. The fourth-order valence-electron chi connectivity index (χ4n) is 3.55. The minimum Gasteiger partial charge on any atom is -0.340 e. The lowest BCUT2D eigenvalue weighted by Crippen LogP contribution is -2.44. The third-order valence-corrected chi connectivity index (χ3v) is 6.59. The molecule has 1 atom stereocenters. The highest BCUT2D eigenvalue weighted by Gasteiger charge is 2.22. The Kier molecular flexibility index (Phi) is 8.45. The topological polar surface area (TPSA) is 159 Å². The van der Waals surface area contributed by atoms with Gasteiger partial charge in [-0.15, -0.1) is 5.10 Å². The third kappa shape index (κ3) is 7.21. The zero-order valence-corrected chi connectivity index (χ0v) is 21.3. The Hall–Kier alpha value is -4.15. The molecule has 3 aromatic carbocycles. The molecule has 13 heteroatoms. The lowest BCUT2D eigenvalue weighted by Gasteiger charge is -2.18. The molecule has 0 bridgehead atoms. The highest BCUT2D eigenvalue weighted by molar-refractivity contribution is 7.60. The molecule has 0 aliphatic heterocycles. The molecule has 0 saturated carbocycles. The van der Waals surface area contributed by atoms with Gasteiger partial charge in [-0.05, 0) is 64.5 Å². The number of anilines is 1. The van der Waals surface area contributed by atoms with E-state index in [9.17, 15) is 23.9 Å². The van der Waals surface area contributed by atoms with Gasteiger partial charge in [0.25, 0.3) is 0 Å². The van der Waals surface area contributed by atoms with Crippen LogP contribution in [0.3, 0.4) is 0 Å². The van der Waals surface area contributed by atoms with Crippen LogP contribution in [0.2, 0.25) is 5.02 Å². The summed E-state index contributed by atoms with van der Waals surface area (Å²) in [6.45, 7) is 0. The molecule has 4 rings (SSSR count). The summed E-state index contributed by atoms with van der Waals surface area (Å²) < 4.78 is 12.8. The minimum atomic E-state index is -4.41. The van der Waals surface area contributed by atoms with Crippen LogP contribution in [0, 0.1) is 0 Å². The van der Waals surface area contributed by atoms with E-state index in [1.54, 1.807) is 18.2 Å². The van der Waals surface area contributed by atoms with Crippen molar-refractivity contribution in [1.82, 2.24) is 25.5 Å². The van der Waals surface area contributed by atoms with Crippen molar-refractivity contribution in [3.63, 3.8) is 0 Å². The first-order chi connectivity index (χ1) is 18.2. The molecule has 4 aromatic rings. The van der Waals surface area contributed by atoms with Crippen molar-refractivity contribution in [3.8, 4) is 5.69 Å². The molecular weight excluding hydrogens is 531 g/mol. The molecule has 0 unspecified atom stereocenters. The Bertz CT molecular complexity index is 1490. The number of halogens is 1. The first kappa shape index (κ1) is 26.9. The number of benzene rings is 3. The van der Waals surface area contributed by atoms with Crippen molar-refractivity contribution >= 4 is 48.1 Å². The van der Waals surface area contributed by atoms with Crippen LogP contribution in [-0.4, -0.2) is 47.9 Å². The molecule has 4 N–H and O–H groups in total. The lowest BCUT2D eigenvalue weighted by atomic mass is 10.0. The van der Waals surface area contributed by atoms with E-state index in [1.807, 2.05) is 30.3 Å². The van der Waals surface area contributed by atoms with Crippen LogP contribution < -0.4 is 15.9 Å². The van der Waals surface area contributed by atoms with E-state index < -0.39 is 25.5 Å². The SMILES string of the molecule is O=C(C=Cc1cc(Cl)ccc1-n1cnnn1)N[C@@H](Cc1ccccc1)C(=O)Nc1ccc(P(=O)(O)O)cc1. The van der Waals surface area contributed by atoms with Gasteiger partial charge in [0.1, 0.15) is 12.4 Å². The summed E-state index contributed by atoms with van der Waals surface area (Å²) in [7, 11) is -4.41. The maximum absolute atomic E-state index is 13.1. The zero-order valence-electron chi connectivity index (χ0n) is 19.7. The fraction of sp³-hybridized carbons (Fsp3) is 0.0800. The standard InChI is InChI=1S/C25H22ClN6O5P/c26-19-7-12-23(32-16-27-30-31-32)18(15-19)6-13-24(33)29-22(14-17-4-2-1-3-5-17)25(34)28-20-8-10-21(11-9-20)38(35,36)37/h1-13,15-16,22H,14H2,(H,28,34)(H,29,33)(H2,35,36,37)/t22-/m0/s1. The van der Waals surface area contributed by atoms with Crippen LogP contribution >= 0.6 is 19.2 Å². The Balaban J connectivity index is 1.52. The fourth-order valence-corrected chi connectivity index (χ4v) is 4.27. The van der Waals surface area contributed by atoms with Gasteiger partial charge < -0.3 is 20.4 Å². The molecule has 0 aliphatic rings. The van der Waals surface area contributed by atoms with Crippen LogP contribution in [0.1, 0.15) is 11.1 Å². The first-order valence-corrected chi connectivity index (χ1v) is 13.2. The minimum absolute atomic E-state index is 0.170. The van der Waals surface area contributed by atoms with Crippen molar-refractivity contribution in [2.24, 2.45) is 0 Å². The number of nitrogens with one attached hydrogen (secondary N) is 2. The van der Waals surface area contributed by atoms with Crippen molar-refractivity contribution in [2.75, 3.05) is 5.32 Å². The zero-order chi connectivity index (χ0) is 27.1. The largest absolute Gasteiger partial charge is 0.356 e. The van der Waals surface area contributed by atoms with Gasteiger partial charge in [0, 0.05) is 28.8 Å². The molecule has 194 valence electrons. The maximum Gasteiger partial charge on any atom is 0.356 e. The van der Waals surface area contributed by atoms with Crippen LogP contribution in [0.4, 0.5) is 5.69 Å². The molecule has 1 heterocycles. The normalized spacial score (nSPS) is 12.3. The Morgan fingerprint density at radius 1 is 1.05 bits per heavy atom. The predicted octanol–water partition coefficient (Wildman–Crippen LogP) is 2.50. The molecule has 11 nitrogen and oxygen atoms in total. The molecule has 0 aliphatic carbocycles. The number of hydrogen-bond acceptors (Lipinski definition) is 6. The average Bonchev–Trinajstić information content (AvgIpc) is 3.42. The van der Waals surface area contributed by atoms with Gasteiger partial charge in [-0.25, -0.2) is 0 Å². The van der Waals surface area contributed by atoms with Crippen LogP contribution in [0.15, 0.2) is 85.2 Å². The molecule has 0 spiro atoms. The van der Waals surface area contributed by atoms with Gasteiger partial charge in [0.15, 0.2) is 0 Å². The summed E-state index contributed by atoms with van der Waals surface area (Å²) in [4.78, 5) is 44.6. The number of carbonyl (C=O) groups is 2. The number of tetrazole rings is 1. The highest BCUT2D eigenvalue weighted by Crippen LogP contribution is 2.33. The molecular formula is C25H22ClN6O5P. The Morgan fingerprint density at radius 2 is 1.79 bits per heavy atom. The number of carbonyl (C=O) groups excluding carboxylic acids is 2. The smallest absolute Gasteiger partial charge is 0.340 e. The summed E-state index contributed by atoms with van der Waals surface area (Å²) in [6, 6.07) is 18.5. The number of amides is 2. The summed E-state index contributed by atoms with van der Waals surface area (Å²) in [6.07, 6.45) is 4.43. The summed E-state index contributed by atoms with van der Waals surface area (Å²) in [5.74, 6) is -1.03. The first-order valence-electron chi connectivity index (χ1n) is 11.2. The van der Waals surface area contributed by atoms with Gasteiger partial charge in [-0.1, -0.05) is 41.9 Å². The van der Waals surface area contributed by atoms with Gasteiger partial charge in [0.2, 0.25) is 11.8 Å². The van der Waals surface area contributed by atoms with E-state index in [0.29, 0.717) is 22.0 Å². The van der Waals surface area contributed by atoms with Crippen LogP contribution in [0.25, 0.3) is 11.8 Å². The van der Waals surface area contributed by atoms with Crippen molar-refractivity contribution < 1.29 is 23.9 Å². The van der Waals surface area contributed by atoms with Gasteiger partial charge in [0.05, 0.1) is 11.0 Å². The Labute approximate surface area is 222 Å². The van der Waals surface area contributed by atoms with E-state index >= 15 is 0 Å². The quantitative estimate of drug-likeness (QED) is 0.182. The molecule has 38 heavy (non-hydrogen) atoms. The van der Waals surface area contributed by atoms with Crippen molar-refractivity contribution in [3.05, 3.63) is 101 Å². The van der Waals surface area contributed by atoms with E-state index in [1.165, 1.54) is 47.4 Å². The number of rotatable bonds is 9. The molecule has 0 saturated heterocycles. The average molecular weight is 553 g/mol. The summed E-state index contributed by atoms with van der Waals surface area (Å²) in [5, 5.41) is 16.8. The predicted molar refractivity (Wildman–Crippen MR) is 142 cm³/mol. The van der Waals surface area contributed by atoms with Crippen LogP contribution in [0.5, 0.6) is 0 Å². The number of aromatic nitrogens is 4. The highest BCUT2D eigenvalue weighted by atomic mass is 35.5. The van der Waals surface area contributed by atoms with Crippen molar-refractivity contribution in [1.29, 1.82) is 0 Å². The van der Waals surface area contributed by atoms with Crippen molar-refractivity contribution in [2.45, 2.75) is 12.5 Å². The van der Waals surface area contributed by atoms with E-state index in [4.69, 9.17) is 11.6 Å². The van der Waals surface area contributed by atoms with E-state index in [2.05, 4.69) is 26.2 Å². The van der Waals surface area contributed by atoms with Gasteiger partial charge in [-0.3, -0.25) is 14.2 Å². The Morgan fingerprint density at radius 3 is 2.45 bits per heavy atom. The van der Waals surface area contributed by atoms with E-state index in [-0.39, 0.29) is 11.7 Å². The molecule has 0 fully saturated rings. The summed E-state index contributed by atoms with van der Waals surface area (Å²) in [5.41, 5.74) is 2.32. The molecule has 2 amide bonds. The van der Waals surface area contributed by atoms with Gasteiger partial charge >= 0.3 is 7.60 Å². The lowest BCUT2D eigenvalue weighted by molar-refractivity contribution is -0.123. The maximum atomic E-state index is 13.1. The molecule has 1 aromatic heterocycles. The van der Waals surface area contributed by atoms with Crippen LogP contribution in [-0.2, 0) is 20.6 Å². The number of hydrogen-bond donors (Lipinski definition) is 4. The molecule has 0 radical (unpaired) electrons.